The van der Waals surface area contributed by atoms with Gasteiger partial charge in [0.2, 0.25) is 10.0 Å². The Hall–Kier alpha value is -2.05. The summed E-state index contributed by atoms with van der Waals surface area (Å²) in [5, 5.41) is 0. The van der Waals surface area contributed by atoms with Crippen molar-refractivity contribution in [2.45, 2.75) is 30.7 Å². The summed E-state index contributed by atoms with van der Waals surface area (Å²) < 4.78 is 39.1. The molecule has 1 atom stereocenters. The van der Waals surface area contributed by atoms with Crippen molar-refractivity contribution in [1.82, 2.24) is 4.31 Å². The first-order chi connectivity index (χ1) is 12.1. The van der Waals surface area contributed by atoms with E-state index < -0.39 is 10.0 Å². The zero-order valence-corrected chi connectivity index (χ0v) is 15.0. The van der Waals surface area contributed by atoms with Gasteiger partial charge < -0.3 is 9.47 Å². The lowest BCUT2D eigenvalue weighted by Gasteiger charge is -2.25. The van der Waals surface area contributed by atoms with Gasteiger partial charge in [0.05, 0.1) is 10.9 Å². The third-order valence-electron chi connectivity index (χ3n) is 4.75. The summed E-state index contributed by atoms with van der Waals surface area (Å²) in [6.07, 6.45) is 1.70. The Bertz CT molecular complexity index is 894. The average molecular weight is 359 g/mol. The second-order valence-corrected chi connectivity index (χ2v) is 8.38. The SMILES string of the molecule is Cc1cccc(C2CCCN2S(=O)(=O)c2ccc3c(c2)OCCO3)c1. The van der Waals surface area contributed by atoms with Crippen LogP contribution in [0.4, 0.5) is 0 Å². The molecule has 0 amide bonds. The van der Waals surface area contributed by atoms with E-state index in [-0.39, 0.29) is 10.9 Å². The van der Waals surface area contributed by atoms with Crippen LogP contribution < -0.4 is 9.47 Å². The molecule has 6 heteroatoms. The highest BCUT2D eigenvalue weighted by Gasteiger charge is 2.36. The normalized spacial score (nSPS) is 20.6. The molecule has 1 saturated heterocycles. The minimum absolute atomic E-state index is 0.113. The molecule has 2 aliphatic heterocycles. The number of rotatable bonds is 3. The fraction of sp³-hybridized carbons (Fsp3) is 0.368. The molecular weight excluding hydrogens is 338 g/mol. The fourth-order valence-corrected chi connectivity index (χ4v) is 5.26. The van der Waals surface area contributed by atoms with Gasteiger partial charge in [0.25, 0.3) is 0 Å². The van der Waals surface area contributed by atoms with Gasteiger partial charge in [0.1, 0.15) is 13.2 Å². The van der Waals surface area contributed by atoms with Gasteiger partial charge in [0, 0.05) is 12.6 Å². The summed E-state index contributed by atoms with van der Waals surface area (Å²) in [5.41, 5.74) is 2.19. The maximum absolute atomic E-state index is 13.2. The number of nitrogens with zero attached hydrogens (tertiary/aromatic N) is 1. The van der Waals surface area contributed by atoms with E-state index in [1.54, 1.807) is 22.5 Å². The van der Waals surface area contributed by atoms with Crippen LogP contribution in [0.15, 0.2) is 47.4 Å². The van der Waals surface area contributed by atoms with Crippen LogP contribution in [0.2, 0.25) is 0 Å². The van der Waals surface area contributed by atoms with E-state index in [9.17, 15) is 8.42 Å². The van der Waals surface area contributed by atoms with Gasteiger partial charge in [-0.2, -0.15) is 4.31 Å². The highest BCUT2D eigenvalue weighted by Crippen LogP contribution is 2.39. The lowest BCUT2D eigenvalue weighted by molar-refractivity contribution is 0.171. The summed E-state index contributed by atoms with van der Waals surface area (Å²) in [7, 11) is -3.58. The van der Waals surface area contributed by atoms with E-state index in [2.05, 4.69) is 6.07 Å². The van der Waals surface area contributed by atoms with Crippen LogP contribution in [0.5, 0.6) is 11.5 Å². The number of fused-ring (bicyclic) bond motifs is 1. The maximum Gasteiger partial charge on any atom is 0.243 e. The molecule has 0 radical (unpaired) electrons. The lowest BCUT2D eigenvalue weighted by Crippen LogP contribution is -2.31. The summed E-state index contributed by atoms with van der Waals surface area (Å²) >= 11 is 0. The van der Waals surface area contributed by atoms with Crippen LogP contribution in [-0.2, 0) is 10.0 Å². The van der Waals surface area contributed by atoms with Crippen LogP contribution >= 0.6 is 0 Å². The second-order valence-electron chi connectivity index (χ2n) is 6.49. The molecule has 0 aromatic heterocycles. The third kappa shape index (κ3) is 3.00. The Morgan fingerprint density at radius 2 is 1.84 bits per heavy atom. The van der Waals surface area contributed by atoms with E-state index >= 15 is 0 Å². The molecule has 0 N–H and O–H groups in total. The molecular formula is C19H21NO4S. The molecule has 0 saturated carbocycles. The van der Waals surface area contributed by atoms with Crippen molar-refractivity contribution < 1.29 is 17.9 Å². The molecule has 0 aliphatic carbocycles. The maximum atomic E-state index is 13.2. The second kappa shape index (κ2) is 6.35. The Morgan fingerprint density at radius 3 is 2.64 bits per heavy atom. The largest absolute Gasteiger partial charge is 0.486 e. The smallest absolute Gasteiger partial charge is 0.243 e. The minimum atomic E-state index is -3.58. The molecule has 2 aromatic rings. The van der Waals surface area contributed by atoms with E-state index in [1.807, 2.05) is 25.1 Å². The van der Waals surface area contributed by atoms with Gasteiger partial charge in [-0.15, -0.1) is 0 Å². The highest BCUT2D eigenvalue weighted by atomic mass is 32.2. The van der Waals surface area contributed by atoms with E-state index in [1.165, 1.54) is 0 Å². The predicted molar refractivity (Wildman–Crippen MR) is 94.5 cm³/mol. The van der Waals surface area contributed by atoms with Crippen molar-refractivity contribution in [3.63, 3.8) is 0 Å². The quantitative estimate of drug-likeness (QED) is 0.844. The van der Waals surface area contributed by atoms with Crippen LogP contribution in [0.3, 0.4) is 0 Å². The standard InChI is InChI=1S/C19H21NO4S/c1-14-4-2-5-15(12-14)17-6-3-9-20(17)25(21,22)16-7-8-18-19(13-16)24-11-10-23-18/h2,4-5,7-8,12-13,17H,3,6,9-11H2,1H3. The molecule has 2 heterocycles. The number of ether oxygens (including phenoxy) is 2. The van der Waals surface area contributed by atoms with Crippen molar-refractivity contribution in [3.8, 4) is 11.5 Å². The lowest BCUT2D eigenvalue weighted by atomic mass is 10.0. The van der Waals surface area contributed by atoms with Crippen LogP contribution in [-0.4, -0.2) is 32.5 Å². The van der Waals surface area contributed by atoms with E-state index in [4.69, 9.17) is 9.47 Å². The van der Waals surface area contributed by atoms with Crippen LogP contribution in [0.1, 0.15) is 30.0 Å². The number of hydrogen-bond acceptors (Lipinski definition) is 4. The van der Waals surface area contributed by atoms with Crippen molar-refractivity contribution in [2.24, 2.45) is 0 Å². The topological polar surface area (TPSA) is 55.8 Å². The van der Waals surface area contributed by atoms with Gasteiger partial charge in [0.15, 0.2) is 11.5 Å². The van der Waals surface area contributed by atoms with Crippen molar-refractivity contribution >= 4 is 10.0 Å². The first kappa shape index (κ1) is 16.4. The van der Waals surface area contributed by atoms with E-state index in [0.717, 1.165) is 24.0 Å². The number of aryl methyl sites for hydroxylation is 1. The number of hydrogen-bond donors (Lipinski definition) is 0. The molecule has 132 valence electrons. The predicted octanol–water partition coefficient (Wildman–Crippen LogP) is 3.29. The van der Waals surface area contributed by atoms with E-state index in [0.29, 0.717) is 31.3 Å². The average Bonchev–Trinajstić information content (AvgIpc) is 3.12. The van der Waals surface area contributed by atoms with Gasteiger partial charge >= 0.3 is 0 Å². The third-order valence-corrected chi connectivity index (χ3v) is 6.65. The summed E-state index contributed by atoms with van der Waals surface area (Å²) in [6.45, 7) is 3.49. The Balaban J connectivity index is 1.69. The first-order valence-electron chi connectivity index (χ1n) is 8.54. The summed E-state index contributed by atoms with van der Waals surface area (Å²) in [5.74, 6) is 1.10. The molecule has 1 fully saturated rings. The molecule has 2 aromatic carbocycles. The van der Waals surface area contributed by atoms with Gasteiger partial charge in [-0.05, 0) is 37.5 Å². The van der Waals surface area contributed by atoms with Gasteiger partial charge in [-0.1, -0.05) is 29.8 Å². The van der Waals surface area contributed by atoms with Crippen LogP contribution in [0.25, 0.3) is 0 Å². The Labute approximate surface area is 148 Å². The molecule has 4 rings (SSSR count). The monoisotopic (exact) mass is 359 g/mol. The highest BCUT2D eigenvalue weighted by molar-refractivity contribution is 7.89. The molecule has 5 nitrogen and oxygen atoms in total. The molecule has 0 bridgehead atoms. The first-order valence-corrected chi connectivity index (χ1v) is 9.98. The zero-order chi connectivity index (χ0) is 17.4. The van der Waals surface area contributed by atoms with Crippen molar-refractivity contribution in [2.75, 3.05) is 19.8 Å². The number of benzene rings is 2. The summed E-state index contributed by atoms with van der Waals surface area (Å²) in [6, 6.07) is 12.8. The molecule has 0 spiro atoms. The van der Waals surface area contributed by atoms with Crippen molar-refractivity contribution in [1.29, 1.82) is 0 Å². The molecule has 1 unspecified atom stereocenters. The van der Waals surface area contributed by atoms with Crippen LogP contribution in [0, 0.1) is 6.92 Å². The van der Waals surface area contributed by atoms with Crippen molar-refractivity contribution in [3.05, 3.63) is 53.6 Å². The zero-order valence-electron chi connectivity index (χ0n) is 14.1. The summed E-state index contributed by atoms with van der Waals surface area (Å²) in [4.78, 5) is 0.260. The van der Waals surface area contributed by atoms with Gasteiger partial charge in [-0.25, -0.2) is 8.42 Å². The molecule has 2 aliphatic rings. The Kier molecular flexibility index (Phi) is 4.17. The molecule has 25 heavy (non-hydrogen) atoms. The minimum Gasteiger partial charge on any atom is -0.486 e. The van der Waals surface area contributed by atoms with Gasteiger partial charge in [-0.3, -0.25) is 0 Å². The fourth-order valence-electron chi connectivity index (χ4n) is 3.56. The Morgan fingerprint density at radius 1 is 1.04 bits per heavy atom. The number of sulfonamides is 1.